The van der Waals surface area contributed by atoms with E-state index in [1.54, 1.807) is 0 Å². The summed E-state index contributed by atoms with van der Waals surface area (Å²) in [5.74, 6) is 1.49. The predicted molar refractivity (Wildman–Crippen MR) is 69.1 cm³/mol. The van der Waals surface area contributed by atoms with Gasteiger partial charge >= 0.3 is 0 Å². The van der Waals surface area contributed by atoms with Gasteiger partial charge in [0.05, 0.1) is 0 Å². The van der Waals surface area contributed by atoms with Crippen LogP contribution in [0.5, 0.6) is 0 Å². The van der Waals surface area contributed by atoms with Gasteiger partial charge < -0.3 is 15.3 Å². The Labute approximate surface area is 105 Å². The Hall–Kier alpha value is 0.170. The molecule has 0 radical (unpaired) electrons. The van der Waals surface area contributed by atoms with Crippen LogP contribution in [0.4, 0.5) is 0 Å². The van der Waals surface area contributed by atoms with Gasteiger partial charge in [-0.3, -0.25) is 0 Å². The molecule has 2 saturated heterocycles. The van der Waals surface area contributed by atoms with E-state index in [0.29, 0.717) is 12.5 Å². The Bertz CT molecular complexity index is 178. The van der Waals surface area contributed by atoms with Crippen molar-refractivity contribution >= 4 is 12.4 Å². The fraction of sp³-hybridized carbons (Fsp3) is 1.00. The van der Waals surface area contributed by atoms with Crippen molar-refractivity contribution in [2.24, 2.45) is 11.8 Å². The molecule has 2 aliphatic heterocycles. The Kier molecular flexibility index (Phi) is 6.66. The normalized spacial score (nSPS) is 25.3. The molecule has 0 aromatic rings. The molecule has 0 unspecified atom stereocenters. The monoisotopic (exact) mass is 248 g/mol. The Balaban J connectivity index is 0.00000128. The molecule has 4 heteroatoms. The van der Waals surface area contributed by atoms with E-state index in [1.807, 2.05) is 0 Å². The third-order valence-corrected chi connectivity index (χ3v) is 3.94. The second-order valence-electron chi connectivity index (χ2n) is 5.12. The van der Waals surface area contributed by atoms with Gasteiger partial charge in [0, 0.05) is 13.2 Å². The molecule has 2 fully saturated rings. The van der Waals surface area contributed by atoms with Crippen LogP contribution in [-0.2, 0) is 0 Å². The van der Waals surface area contributed by atoms with Gasteiger partial charge in [-0.2, -0.15) is 0 Å². The molecule has 0 aromatic carbocycles. The van der Waals surface area contributed by atoms with E-state index >= 15 is 0 Å². The third kappa shape index (κ3) is 4.21. The fourth-order valence-corrected chi connectivity index (χ4v) is 2.78. The molecule has 96 valence electrons. The molecule has 0 aliphatic carbocycles. The topological polar surface area (TPSA) is 35.5 Å². The van der Waals surface area contributed by atoms with Gasteiger partial charge in [-0.15, -0.1) is 12.4 Å². The Morgan fingerprint density at radius 3 is 2.19 bits per heavy atom. The molecule has 0 aromatic heterocycles. The third-order valence-electron chi connectivity index (χ3n) is 3.94. The predicted octanol–water partition coefficient (Wildman–Crippen LogP) is 1.11. The first-order chi connectivity index (χ1) is 7.38. The van der Waals surface area contributed by atoms with Crippen LogP contribution < -0.4 is 5.32 Å². The van der Waals surface area contributed by atoms with E-state index in [-0.39, 0.29) is 12.4 Å². The van der Waals surface area contributed by atoms with Gasteiger partial charge in [-0.25, -0.2) is 0 Å². The SMILES string of the molecule is Cl.OCC1CCN(CC2CCNCC2)CC1. The van der Waals surface area contributed by atoms with Crippen LogP contribution >= 0.6 is 12.4 Å². The molecule has 0 amide bonds. The number of aliphatic hydroxyl groups is 1. The van der Waals surface area contributed by atoms with E-state index in [0.717, 1.165) is 5.92 Å². The number of likely N-dealkylation sites (tertiary alicyclic amines) is 1. The standard InChI is InChI=1S/C12H24N2O.ClH/c15-10-12-3-7-14(8-4-12)9-11-1-5-13-6-2-11;/h11-13,15H,1-10H2;1H. The average molecular weight is 249 g/mol. The molecule has 2 N–H and O–H groups in total. The molecule has 2 heterocycles. The summed E-state index contributed by atoms with van der Waals surface area (Å²) in [6.07, 6.45) is 5.09. The average Bonchev–Trinajstić information content (AvgIpc) is 2.31. The van der Waals surface area contributed by atoms with Gasteiger partial charge in [0.15, 0.2) is 0 Å². The van der Waals surface area contributed by atoms with Crippen LogP contribution in [0, 0.1) is 11.8 Å². The smallest absolute Gasteiger partial charge is 0.0460 e. The highest BCUT2D eigenvalue weighted by atomic mass is 35.5. The minimum Gasteiger partial charge on any atom is -0.396 e. The maximum absolute atomic E-state index is 9.07. The highest BCUT2D eigenvalue weighted by Crippen LogP contribution is 2.20. The van der Waals surface area contributed by atoms with Gasteiger partial charge in [-0.1, -0.05) is 0 Å². The molecule has 0 atom stereocenters. The molecule has 0 bridgehead atoms. The van der Waals surface area contributed by atoms with Crippen molar-refractivity contribution in [3.8, 4) is 0 Å². The second-order valence-corrected chi connectivity index (χ2v) is 5.12. The van der Waals surface area contributed by atoms with Crippen LogP contribution in [0.25, 0.3) is 0 Å². The zero-order valence-electron chi connectivity index (χ0n) is 10.0. The number of aliphatic hydroxyl groups excluding tert-OH is 1. The lowest BCUT2D eigenvalue weighted by atomic mass is 9.94. The lowest BCUT2D eigenvalue weighted by molar-refractivity contribution is 0.114. The largest absolute Gasteiger partial charge is 0.396 e. The summed E-state index contributed by atoms with van der Waals surface area (Å²) in [4.78, 5) is 2.60. The van der Waals surface area contributed by atoms with E-state index in [9.17, 15) is 0 Å². The Morgan fingerprint density at radius 1 is 1.00 bits per heavy atom. The maximum atomic E-state index is 9.07. The first kappa shape index (κ1) is 14.2. The van der Waals surface area contributed by atoms with Crippen LogP contribution in [0.2, 0.25) is 0 Å². The van der Waals surface area contributed by atoms with Crippen molar-refractivity contribution in [3.63, 3.8) is 0 Å². The van der Waals surface area contributed by atoms with Crippen molar-refractivity contribution in [1.29, 1.82) is 0 Å². The van der Waals surface area contributed by atoms with Gasteiger partial charge in [0.25, 0.3) is 0 Å². The summed E-state index contributed by atoms with van der Waals surface area (Å²) in [5.41, 5.74) is 0. The summed E-state index contributed by atoms with van der Waals surface area (Å²) in [7, 11) is 0. The molecule has 16 heavy (non-hydrogen) atoms. The molecule has 3 nitrogen and oxygen atoms in total. The van der Waals surface area contributed by atoms with Gasteiger partial charge in [0.2, 0.25) is 0 Å². The van der Waals surface area contributed by atoms with Gasteiger partial charge in [0.1, 0.15) is 0 Å². The summed E-state index contributed by atoms with van der Waals surface area (Å²) in [5, 5.41) is 12.5. The van der Waals surface area contributed by atoms with E-state index in [2.05, 4.69) is 10.2 Å². The highest BCUT2D eigenvalue weighted by Gasteiger charge is 2.21. The minimum absolute atomic E-state index is 0. The van der Waals surface area contributed by atoms with Crippen molar-refractivity contribution in [1.82, 2.24) is 10.2 Å². The quantitative estimate of drug-likeness (QED) is 0.786. The zero-order valence-corrected chi connectivity index (χ0v) is 10.8. The van der Waals surface area contributed by atoms with Crippen molar-refractivity contribution in [2.75, 3.05) is 39.3 Å². The molecule has 2 rings (SSSR count). The second kappa shape index (κ2) is 7.49. The van der Waals surface area contributed by atoms with Crippen LogP contribution in [0.15, 0.2) is 0 Å². The molecule has 0 spiro atoms. The maximum Gasteiger partial charge on any atom is 0.0460 e. The zero-order chi connectivity index (χ0) is 10.5. The number of hydrogen-bond donors (Lipinski definition) is 2. The molecular weight excluding hydrogens is 224 g/mol. The summed E-state index contributed by atoms with van der Waals surface area (Å²) in [6.45, 7) is 6.50. The lowest BCUT2D eigenvalue weighted by Gasteiger charge is -2.34. The van der Waals surface area contributed by atoms with Crippen LogP contribution in [0.1, 0.15) is 25.7 Å². The molecule has 0 saturated carbocycles. The summed E-state index contributed by atoms with van der Waals surface area (Å²) < 4.78 is 0. The molecular formula is C12H25ClN2O. The fourth-order valence-electron chi connectivity index (χ4n) is 2.78. The molecule has 2 aliphatic rings. The van der Waals surface area contributed by atoms with Crippen molar-refractivity contribution in [3.05, 3.63) is 0 Å². The number of nitrogens with zero attached hydrogens (tertiary/aromatic N) is 1. The first-order valence-electron chi connectivity index (χ1n) is 6.42. The number of piperidine rings is 2. The van der Waals surface area contributed by atoms with E-state index in [4.69, 9.17) is 5.11 Å². The highest BCUT2D eigenvalue weighted by molar-refractivity contribution is 5.85. The van der Waals surface area contributed by atoms with Gasteiger partial charge in [-0.05, 0) is 63.7 Å². The number of nitrogens with one attached hydrogen (secondary N) is 1. The van der Waals surface area contributed by atoms with Crippen LogP contribution in [-0.4, -0.2) is 49.3 Å². The van der Waals surface area contributed by atoms with Crippen molar-refractivity contribution < 1.29 is 5.11 Å². The van der Waals surface area contributed by atoms with Crippen molar-refractivity contribution in [2.45, 2.75) is 25.7 Å². The summed E-state index contributed by atoms with van der Waals surface area (Å²) in [6, 6.07) is 0. The van der Waals surface area contributed by atoms with E-state index in [1.165, 1.54) is 58.4 Å². The van der Waals surface area contributed by atoms with E-state index < -0.39 is 0 Å². The van der Waals surface area contributed by atoms with Crippen LogP contribution in [0.3, 0.4) is 0 Å². The first-order valence-corrected chi connectivity index (χ1v) is 6.42. The Morgan fingerprint density at radius 2 is 1.62 bits per heavy atom. The lowest BCUT2D eigenvalue weighted by Crippen LogP contribution is -2.40. The number of halogens is 1. The summed E-state index contributed by atoms with van der Waals surface area (Å²) >= 11 is 0. The minimum atomic E-state index is 0. The number of hydrogen-bond acceptors (Lipinski definition) is 3. The number of rotatable bonds is 3.